The highest BCUT2D eigenvalue weighted by Gasteiger charge is 2.15. The standard InChI is InChI=1S/C27H26N4O2S/c28-27-25-23(19-6-9-22(10-7-19)33-21-4-2-1-3-5-21)17-34-26(25)20(16-31-27)8-11-24(32)30-15-18-12-13-29-14-18/h1-11,16-18,29H,12-15H2,(H2,28,31)(H,30,32)/t18-/m1/s1. The summed E-state index contributed by atoms with van der Waals surface area (Å²) in [5, 5.41) is 9.29. The van der Waals surface area contributed by atoms with Gasteiger partial charge in [0, 0.05) is 40.0 Å². The summed E-state index contributed by atoms with van der Waals surface area (Å²) < 4.78 is 6.91. The fourth-order valence-corrected chi connectivity index (χ4v) is 5.18. The highest BCUT2D eigenvalue weighted by Crippen LogP contribution is 2.39. The fraction of sp³-hybridized carbons (Fsp3) is 0.185. The number of rotatable bonds is 7. The van der Waals surface area contributed by atoms with Crippen LogP contribution < -0.4 is 21.1 Å². The first kappa shape index (κ1) is 22.1. The SMILES string of the molecule is Nc1ncc(C=CC(=O)NC[C@@H]2CCNC2)c2scc(-c3ccc(Oc4ccccc4)cc3)c12. The number of thiophene rings is 1. The summed E-state index contributed by atoms with van der Waals surface area (Å²) in [5.41, 5.74) is 9.20. The van der Waals surface area contributed by atoms with Crippen molar-refractivity contribution in [1.82, 2.24) is 15.6 Å². The summed E-state index contributed by atoms with van der Waals surface area (Å²) in [7, 11) is 0. The number of ether oxygens (including phenoxy) is 1. The van der Waals surface area contributed by atoms with Gasteiger partial charge in [-0.15, -0.1) is 11.3 Å². The molecule has 0 saturated carbocycles. The molecular formula is C27H26N4O2S. The number of nitrogens with zero attached hydrogens (tertiary/aromatic N) is 1. The molecule has 2 aromatic carbocycles. The zero-order chi connectivity index (χ0) is 23.3. The van der Waals surface area contributed by atoms with Crippen LogP contribution >= 0.6 is 11.3 Å². The van der Waals surface area contributed by atoms with E-state index in [1.807, 2.05) is 60.7 Å². The van der Waals surface area contributed by atoms with Crippen molar-refractivity contribution in [2.75, 3.05) is 25.4 Å². The van der Waals surface area contributed by atoms with Gasteiger partial charge >= 0.3 is 0 Å². The number of carbonyl (C=O) groups excluding carboxylic acids is 1. The van der Waals surface area contributed by atoms with E-state index in [1.165, 1.54) is 0 Å². The molecule has 6 nitrogen and oxygen atoms in total. The predicted octanol–water partition coefficient (Wildman–Crippen LogP) is 5.08. The fourth-order valence-electron chi connectivity index (χ4n) is 4.10. The number of benzene rings is 2. The molecule has 1 atom stereocenters. The average molecular weight is 471 g/mol. The van der Waals surface area contributed by atoms with Crippen LogP contribution in [0.5, 0.6) is 11.5 Å². The van der Waals surface area contributed by atoms with Gasteiger partial charge in [0.15, 0.2) is 0 Å². The van der Waals surface area contributed by atoms with Gasteiger partial charge in [-0.25, -0.2) is 4.98 Å². The maximum Gasteiger partial charge on any atom is 0.244 e. The molecule has 34 heavy (non-hydrogen) atoms. The number of aromatic nitrogens is 1. The smallest absolute Gasteiger partial charge is 0.244 e. The molecule has 0 aliphatic carbocycles. The summed E-state index contributed by atoms with van der Waals surface area (Å²) in [4.78, 5) is 16.7. The third-order valence-corrected chi connectivity index (χ3v) is 6.97. The van der Waals surface area contributed by atoms with Crippen molar-refractivity contribution in [2.45, 2.75) is 6.42 Å². The molecule has 7 heteroatoms. The lowest BCUT2D eigenvalue weighted by molar-refractivity contribution is -0.116. The van der Waals surface area contributed by atoms with Gasteiger partial charge in [-0.2, -0.15) is 0 Å². The highest BCUT2D eigenvalue weighted by molar-refractivity contribution is 7.18. The monoisotopic (exact) mass is 470 g/mol. The number of nitrogens with one attached hydrogen (secondary N) is 2. The molecule has 5 rings (SSSR count). The van der Waals surface area contributed by atoms with Crippen molar-refractivity contribution >= 4 is 39.2 Å². The molecule has 3 heterocycles. The van der Waals surface area contributed by atoms with E-state index in [9.17, 15) is 4.79 Å². The number of para-hydroxylation sites is 1. The molecular weight excluding hydrogens is 444 g/mol. The lowest BCUT2D eigenvalue weighted by atomic mass is 10.0. The topological polar surface area (TPSA) is 89.3 Å². The second-order valence-corrected chi connectivity index (χ2v) is 9.21. The van der Waals surface area contributed by atoms with Crippen molar-refractivity contribution in [3.63, 3.8) is 0 Å². The summed E-state index contributed by atoms with van der Waals surface area (Å²) in [6.07, 6.45) is 6.21. The van der Waals surface area contributed by atoms with Crippen LogP contribution in [-0.2, 0) is 4.79 Å². The lowest BCUT2D eigenvalue weighted by Gasteiger charge is -2.08. The summed E-state index contributed by atoms with van der Waals surface area (Å²) in [5.74, 6) is 2.45. The Morgan fingerprint density at radius 1 is 1.18 bits per heavy atom. The Labute approximate surface area is 202 Å². The molecule has 0 unspecified atom stereocenters. The number of carbonyl (C=O) groups is 1. The van der Waals surface area contributed by atoms with Crippen LogP contribution in [0.1, 0.15) is 12.0 Å². The third-order valence-electron chi connectivity index (χ3n) is 5.94. The summed E-state index contributed by atoms with van der Waals surface area (Å²) >= 11 is 1.60. The van der Waals surface area contributed by atoms with E-state index in [1.54, 1.807) is 23.6 Å². The van der Waals surface area contributed by atoms with E-state index in [2.05, 4.69) is 21.0 Å². The lowest BCUT2D eigenvalue weighted by Crippen LogP contribution is -2.28. The van der Waals surface area contributed by atoms with Gasteiger partial charge in [0.05, 0.1) is 0 Å². The van der Waals surface area contributed by atoms with Crippen molar-refractivity contribution in [3.05, 3.63) is 77.8 Å². The summed E-state index contributed by atoms with van der Waals surface area (Å²) in [6.45, 7) is 2.68. The van der Waals surface area contributed by atoms with Crippen LogP contribution in [-0.4, -0.2) is 30.5 Å². The number of amides is 1. The Morgan fingerprint density at radius 3 is 2.74 bits per heavy atom. The van der Waals surface area contributed by atoms with Crippen LogP contribution in [0.2, 0.25) is 0 Å². The Morgan fingerprint density at radius 2 is 1.97 bits per heavy atom. The second-order valence-electron chi connectivity index (χ2n) is 8.33. The number of hydrogen-bond acceptors (Lipinski definition) is 6. The van der Waals surface area contributed by atoms with Gasteiger partial charge in [-0.1, -0.05) is 30.3 Å². The zero-order valence-corrected chi connectivity index (χ0v) is 19.5. The normalized spacial score (nSPS) is 15.7. The van der Waals surface area contributed by atoms with E-state index in [0.29, 0.717) is 18.3 Å². The van der Waals surface area contributed by atoms with E-state index in [0.717, 1.165) is 57.8 Å². The van der Waals surface area contributed by atoms with Crippen LogP contribution in [0.4, 0.5) is 5.82 Å². The first-order valence-electron chi connectivity index (χ1n) is 11.3. The Bertz CT molecular complexity index is 1310. The van der Waals surface area contributed by atoms with Gasteiger partial charge < -0.3 is 21.1 Å². The van der Waals surface area contributed by atoms with Crippen molar-refractivity contribution < 1.29 is 9.53 Å². The zero-order valence-electron chi connectivity index (χ0n) is 18.7. The Hall–Kier alpha value is -3.68. The number of nitrogen functional groups attached to an aromatic ring is 1. The van der Waals surface area contributed by atoms with Crippen LogP contribution in [0.15, 0.2) is 72.3 Å². The number of nitrogens with two attached hydrogens (primary N) is 1. The Kier molecular flexibility index (Phi) is 6.56. The van der Waals surface area contributed by atoms with Gasteiger partial charge in [0.1, 0.15) is 17.3 Å². The molecule has 4 N–H and O–H groups in total. The molecule has 1 fully saturated rings. The predicted molar refractivity (Wildman–Crippen MR) is 139 cm³/mol. The number of fused-ring (bicyclic) bond motifs is 1. The second kappa shape index (κ2) is 10.1. The van der Waals surface area contributed by atoms with Gasteiger partial charge in [-0.05, 0) is 66.7 Å². The number of pyridine rings is 1. The third kappa shape index (κ3) is 4.95. The largest absolute Gasteiger partial charge is 0.457 e. The average Bonchev–Trinajstić information content (AvgIpc) is 3.54. The highest BCUT2D eigenvalue weighted by atomic mass is 32.1. The van der Waals surface area contributed by atoms with Gasteiger partial charge in [-0.3, -0.25) is 4.79 Å². The first-order chi connectivity index (χ1) is 16.7. The minimum absolute atomic E-state index is 0.0948. The molecule has 4 aromatic rings. The van der Waals surface area contributed by atoms with Crippen molar-refractivity contribution in [1.29, 1.82) is 0 Å². The molecule has 2 aromatic heterocycles. The summed E-state index contributed by atoms with van der Waals surface area (Å²) in [6, 6.07) is 17.6. The molecule has 1 saturated heterocycles. The minimum atomic E-state index is -0.0948. The maximum atomic E-state index is 12.3. The molecule has 1 aliphatic rings. The van der Waals surface area contributed by atoms with Crippen LogP contribution in [0, 0.1) is 5.92 Å². The molecule has 1 amide bonds. The van der Waals surface area contributed by atoms with Gasteiger partial charge in [0.2, 0.25) is 5.91 Å². The van der Waals surface area contributed by atoms with E-state index in [-0.39, 0.29) is 5.91 Å². The van der Waals surface area contributed by atoms with Crippen LogP contribution in [0.25, 0.3) is 27.3 Å². The number of anilines is 1. The van der Waals surface area contributed by atoms with Gasteiger partial charge in [0.25, 0.3) is 0 Å². The minimum Gasteiger partial charge on any atom is -0.457 e. The van der Waals surface area contributed by atoms with Crippen LogP contribution in [0.3, 0.4) is 0 Å². The maximum absolute atomic E-state index is 12.3. The molecule has 172 valence electrons. The quantitative estimate of drug-likeness (QED) is 0.328. The van der Waals surface area contributed by atoms with E-state index in [4.69, 9.17) is 10.5 Å². The van der Waals surface area contributed by atoms with E-state index >= 15 is 0 Å². The van der Waals surface area contributed by atoms with Crippen molar-refractivity contribution in [3.8, 4) is 22.6 Å². The number of hydrogen-bond donors (Lipinski definition) is 3. The van der Waals surface area contributed by atoms with Crippen molar-refractivity contribution in [2.24, 2.45) is 5.92 Å². The molecule has 0 spiro atoms. The first-order valence-corrected chi connectivity index (χ1v) is 12.2. The molecule has 0 bridgehead atoms. The van der Waals surface area contributed by atoms with E-state index < -0.39 is 0 Å². The molecule has 0 radical (unpaired) electrons. The Balaban J connectivity index is 1.34. The molecule has 1 aliphatic heterocycles.